The van der Waals surface area contributed by atoms with E-state index < -0.39 is 0 Å². The molecule has 1 aliphatic rings. The maximum Gasteiger partial charge on any atom is 0.252 e. The summed E-state index contributed by atoms with van der Waals surface area (Å²) in [7, 11) is 0. The summed E-state index contributed by atoms with van der Waals surface area (Å²) in [5, 5.41) is 7.90. The molecule has 1 atom stereocenters. The van der Waals surface area contributed by atoms with Crippen LogP contribution in [-0.4, -0.2) is 47.7 Å². The monoisotopic (exact) mass is 435 g/mol. The van der Waals surface area contributed by atoms with Crippen molar-refractivity contribution in [2.24, 2.45) is 10.9 Å². The predicted molar refractivity (Wildman–Crippen MR) is 134 cm³/mol. The van der Waals surface area contributed by atoms with Crippen molar-refractivity contribution >= 4 is 23.0 Å². The number of aliphatic imine (C=N–C) groups is 1. The van der Waals surface area contributed by atoms with Gasteiger partial charge in [-0.3, -0.25) is 4.79 Å². The third-order valence-electron chi connectivity index (χ3n) is 6.32. The normalized spacial score (nSPS) is 16.6. The molecule has 2 heterocycles. The van der Waals surface area contributed by atoms with Gasteiger partial charge in [0.2, 0.25) is 0 Å². The second-order valence-electron chi connectivity index (χ2n) is 8.62. The molecule has 6 nitrogen and oxygen atoms in total. The fourth-order valence-corrected chi connectivity index (χ4v) is 3.98. The molecule has 1 fully saturated rings. The second kappa shape index (κ2) is 11.7. The summed E-state index contributed by atoms with van der Waals surface area (Å²) in [5.41, 5.74) is 3.08. The van der Waals surface area contributed by atoms with Gasteiger partial charge in [-0.2, -0.15) is 0 Å². The molecule has 1 aromatic carbocycles. The van der Waals surface area contributed by atoms with E-state index in [4.69, 9.17) is 0 Å². The van der Waals surface area contributed by atoms with Crippen LogP contribution < -0.4 is 10.6 Å². The summed E-state index contributed by atoms with van der Waals surface area (Å²) in [6.45, 7) is 13.8. The highest BCUT2D eigenvalue weighted by atomic mass is 16.1. The number of nitrogens with one attached hydrogen (secondary N) is 3. The van der Waals surface area contributed by atoms with Crippen LogP contribution in [0.3, 0.4) is 0 Å². The average molecular weight is 436 g/mol. The van der Waals surface area contributed by atoms with Crippen molar-refractivity contribution in [3.63, 3.8) is 0 Å². The minimum absolute atomic E-state index is 0.0848. The van der Waals surface area contributed by atoms with Crippen LogP contribution in [0.25, 0.3) is 10.9 Å². The largest absolute Gasteiger partial charge is 0.361 e. The fraction of sp³-hybridized carbons (Fsp3) is 0.462. The maximum atomic E-state index is 12.3. The predicted octanol–water partition coefficient (Wildman–Crippen LogP) is 4.37. The lowest BCUT2D eigenvalue weighted by Crippen LogP contribution is -2.36. The van der Waals surface area contributed by atoms with Crippen LogP contribution in [0, 0.1) is 5.92 Å². The van der Waals surface area contributed by atoms with E-state index in [1.165, 1.54) is 16.5 Å². The molecule has 0 bridgehead atoms. The third kappa shape index (κ3) is 6.33. The Balaban J connectivity index is 1.41. The second-order valence-corrected chi connectivity index (χ2v) is 8.62. The topological polar surface area (TPSA) is 72.5 Å². The van der Waals surface area contributed by atoms with Gasteiger partial charge in [-0.05, 0) is 57.2 Å². The van der Waals surface area contributed by atoms with Crippen molar-refractivity contribution in [1.82, 2.24) is 20.5 Å². The molecule has 0 radical (unpaired) electrons. The number of carbonyl (C=O) groups is 1. The molecule has 1 aliphatic heterocycles. The van der Waals surface area contributed by atoms with E-state index in [2.05, 4.69) is 69.5 Å². The van der Waals surface area contributed by atoms with Gasteiger partial charge < -0.3 is 20.5 Å². The summed E-state index contributed by atoms with van der Waals surface area (Å²) in [6.07, 6.45) is 8.65. The van der Waals surface area contributed by atoms with Gasteiger partial charge in [-0.1, -0.05) is 37.8 Å². The van der Waals surface area contributed by atoms with Crippen LogP contribution in [0.5, 0.6) is 0 Å². The van der Waals surface area contributed by atoms with E-state index in [-0.39, 0.29) is 11.9 Å². The number of likely N-dealkylation sites (tertiary alicyclic amines) is 1. The van der Waals surface area contributed by atoms with Crippen LogP contribution >= 0.6 is 0 Å². The lowest BCUT2D eigenvalue weighted by atomic mass is 9.97. The molecule has 2 aromatic rings. The number of benzene rings is 1. The zero-order valence-corrected chi connectivity index (χ0v) is 19.7. The Kier molecular flexibility index (Phi) is 8.68. The van der Waals surface area contributed by atoms with E-state index in [0.717, 1.165) is 51.3 Å². The molecule has 0 spiro atoms. The first-order chi connectivity index (χ1) is 15.5. The number of hydrogen-bond donors (Lipinski definition) is 3. The first-order valence-electron chi connectivity index (χ1n) is 11.7. The molecule has 1 aromatic heterocycles. The van der Waals surface area contributed by atoms with Gasteiger partial charge in [0.05, 0.1) is 5.57 Å². The highest BCUT2D eigenvalue weighted by molar-refractivity contribution is 6.12. The van der Waals surface area contributed by atoms with E-state index in [1.54, 1.807) is 12.3 Å². The van der Waals surface area contributed by atoms with Crippen molar-refractivity contribution in [1.29, 1.82) is 0 Å². The number of rotatable bonds is 10. The van der Waals surface area contributed by atoms with Gasteiger partial charge in [0, 0.05) is 49.0 Å². The van der Waals surface area contributed by atoms with Gasteiger partial charge in [0.15, 0.2) is 0 Å². The quantitative estimate of drug-likeness (QED) is 0.383. The lowest BCUT2D eigenvalue weighted by molar-refractivity contribution is -0.117. The lowest BCUT2D eigenvalue weighted by Gasteiger charge is -2.33. The van der Waals surface area contributed by atoms with Crippen LogP contribution in [0.2, 0.25) is 0 Å². The number of hydrogen-bond acceptors (Lipinski definition) is 4. The number of amides is 1. The molecule has 1 unspecified atom stereocenters. The Morgan fingerprint density at radius 1 is 1.34 bits per heavy atom. The summed E-state index contributed by atoms with van der Waals surface area (Å²) < 4.78 is 0. The number of H-pyrrole nitrogens is 1. The van der Waals surface area contributed by atoms with Crippen LogP contribution in [-0.2, 0) is 11.3 Å². The average Bonchev–Trinajstić information content (AvgIpc) is 3.22. The number of carbonyl (C=O) groups excluding carboxylic acids is 1. The summed E-state index contributed by atoms with van der Waals surface area (Å²) in [5.74, 6) is 1.30. The van der Waals surface area contributed by atoms with E-state index in [1.807, 2.05) is 13.8 Å². The summed E-state index contributed by atoms with van der Waals surface area (Å²) in [4.78, 5) is 22.3. The zero-order chi connectivity index (χ0) is 22.9. The molecule has 0 saturated carbocycles. The molecule has 1 amide bonds. The molecule has 172 valence electrons. The SMILES string of the molecule is C=C(/N=C\C(=C/C)C(=O)NC(C)CC)N1CCC(CNCc2c[nH]c3ccccc23)CC1. The molecule has 32 heavy (non-hydrogen) atoms. The number of aromatic amines is 1. The maximum absolute atomic E-state index is 12.3. The smallest absolute Gasteiger partial charge is 0.252 e. The van der Waals surface area contributed by atoms with Crippen molar-refractivity contribution in [3.8, 4) is 0 Å². The van der Waals surface area contributed by atoms with Crippen molar-refractivity contribution < 1.29 is 4.79 Å². The van der Waals surface area contributed by atoms with Crippen LogP contribution in [0.1, 0.15) is 45.6 Å². The molecule has 1 saturated heterocycles. The number of aromatic nitrogens is 1. The van der Waals surface area contributed by atoms with Crippen LogP contribution in [0.15, 0.2) is 59.5 Å². The van der Waals surface area contributed by atoms with Gasteiger partial charge in [0.1, 0.15) is 5.82 Å². The molecule has 3 N–H and O–H groups in total. The van der Waals surface area contributed by atoms with Crippen molar-refractivity contribution in [3.05, 3.63) is 60.1 Å². The summed E-state index contributed by atoms with van der Waals surface area (Å²) in [6, 6.07) is 8.57. The highest BCUT2D eigenvalue weighted by Crippen LogP contribution is 2.21. The van der Waals surface area contributed by atoms with Gasteiger partial charge >= 0.3 is 0 Å². The number of fused-ring (bicyclic) bond motifs is 1. The molecule has 6 heteroatoms. The Morgan fingerprint density at radius 3 is 2.81 bits per heavy atom. The fourth-order valence-electron chi connectivity index (χ4n) is 3.98. The van der Waals surface area contributed by atoms with E-state index in [0.29, 0.717) is 11.5 Å². The number of allylic oxidation sites excluding steroid dienone is 1. The van der Waals surface area contributed by atoms with E-state index >= 15 is 0 Å². The third-order valence-corrected chi connectivity index (χ3v) is 6.32. The van der Waals surface area contributed by atoms with Crippen molar-refractivity contribution in [2.45, 2.75) is 52.6 Å². The summed E-state index contributed by atoms with van der Waals surface area (Å²) >= 11 is 0. The van der Waals surface area contributed by atoms with Gasteiger partial charge in [-0.25, -0.2) is 4.99 Å². The van der Waals surface area contributed by atoms with Gasteiger partial charge in [-0.15, -0.1) is 0 Å². The highest BCUT2D eigenvalue weighted by Gasteiger charge is 2.20. The van der Waals surface area contributed by atoms with Crippen LogP contribution in [0.4, 0.5) is 0 Å². The Bertz CT molecular complexity index is 966. The molecular formula is C26H37N5O. The number of piperidine rings is 1. The standard InChI is InChI=1S/C26H37N5O/c1-5-19(3)30-26(32)22(6-2)17-28-20(4)31-13-11-21(12-14-31)15-27-16-23-18-29-25-10-8-7-9-24(23)25/h6-10,17-19,21,27,29H,4-5,11-16H2,1-3H3,(H,30,32)/b22-6+,28-17-. The Labute approximate surface area is 191 Å². The van der Waals surface area contributed by atoms with E-state index in [9.17, 15) is 4.79 Å². The zero-order valence-electron chi connectivity index (χ0n) is 19.7. The molecular weight excluding hydrogens is 398 g/mol. The molecule has 3 rings (SSSR count). The first-order valence-corrected chi connectivity index (χ1v) is 11.7. The van der Waals surface area contributed by atoms with Crippen molar-refractivity contribution in [2.75, 3.05) is 19.6 Å². The minimum atomic E-state index is -0.0848. The first kappa shape index (κ1) is 23.8. The molecule has 0 aliphatic carbocycles. The number of para-hydroxylation sites is 1. The Hall–Kier alpha value is -2.86. The van der Waals surface area contributed by atoms with Gasteiger partial charge in [0.25, 0.3) is 5.91 Å². The minimum Gasteiger partial charge on any atom is -0.361 e. The number of nitrogens with zero attached hydrogens (tertiary/aromatic N) is 2. The Morgan fingerprint density at radius 2 is 2.09 bits per heavy atom.